The molecule has 2 rings (SSSR count). The van der Waals surface area contributed by atoms with Crippen LogP contribution in [-0.4, -0.2) is 43.1 Å². The second kappa shape index (κ2) is 10.7. The van der Waals surface area contributed by atoms with Crippen molar-refractivity contribution in [1.29, 1.82) is 0 Å². The van der Waals surface area contributed by atoms with E-state index in [-0.39, 0.29) is 24.0 Å². The highest BCUT2D eigenvalue weighted by molar-refractivity contribution is 14.0. The summed E-state index contributed by atoms with van der Waals surface area (Å²) >= 11 is 0. The van der Waals surface area contributed by atoms with Crippen molar-refractivity contribution < 1.29 is 0 Å². The Labute approximate surface area is 153 Å². The lowest BCUT2D eigenvalue weighted by molar-refractivity contribution is 0.188. The Morgan fingerprint density at radius 1 is 1.18 bits per heavy atom. The van der Waals surface area contributed by atoms with Gasteiger partial charge in [0.1, 0.15) is 0 Å². The van der Waals surface area contributed by atoms with Gasteiger partial charge in [-0.15, -0.1) is 24.0 Å². The summed E-state index contributed by atoms with van der Waals surface area (Å²) < 4.78 is 0. The maximum absolute atomic E-state index is 5.95. The van der Waals surface area contributed by atoms with E-state index in [1.54, 1.807) is 0 Å². The molecule has 22 heavy (non-hydrogen) atoms. The lowest BCUT2D eigenvalue weighted by Gasteiger charge is -2.31. The lowest BCUT2D eigenvalue weighted by atomic mass is 9.89. The number of hydrogen-bond donors (Lipinski definition) is 2. The molecule has 0 aromatic heterocycles. The molecule has 0 aromatic carbocycles. The number of nitrogens with zero attached hydrogens (tertiary/aromatic N) is 2. The summed E-state index contributed by atoms with van der Waals surface area (Å²) in [6, 6.07) is 0.653. The molecule has 1 aliphatic heterocycles. The fourth-order valence-electron chi connectivity index (χ4n) is 3.63. The molecule has 4 nitrogen and oxygen atoms in total. The van der Waals surface area contributed by atoms with E-state index in [1.807, 2.05) is 0 Å². The maximum Gasteiger partial charge on any atom is 0.188 e. The first kappa shape index (κ1) is 20.0. The predicted octanol–water partition coefficient (Wildman–Crippen LogP) is 3.21. The van der Waals surface area contributed by atoms with Crippen molar-refractivity contribution in [3.05, 3.63) is 0 Å². The molecule has 0 radical (unpaired) electrons. The molecule has 2 fully saturated rings. The lowest BCUT2D eigenvalue weighted by Crippen LogP contribution is -2.44. The SMILES string of the molecule is CC(C)CN=C(N)NCC1CCCN1CC1CCCCC1.I. The summed E-state index contributed by atoms with van der Waals surface area (Å²) in [5.41, 5.74) is 5.95. The van der Waals surface area contributed by atoms with Crippen LogP contribution in [0.2, 0.25) is 0 Å². The quantitative estimate of drug-likeness (QED) is 0.393. The van der Waals surface area contributed by atoms with E-state index in [0.29, 0.717) is 17.9 Å². The summed E-state index contributed by atoms with van der Waals surface area (Å²) in [5.74, 6) is 2.12. The number of aliphatic imine (C=N–C) groups is 1. The Hall–Kier alpha value is -0.0400. The molecule has 1 unspecified atom stereocenters. The molecule has 5 heteroatoms. The highest BCUT2D eigenvalue weighted by Gasteiger charge is 2.27. The van der Waals surface area contributed by atoms with Crippen LogP contribution in [0.1, 0.15) is 58.8 Å². The van der Waals surface area contributed by atoms with E-state index in [9.17, 15) is 0 Å². The fourth-order valence-corrected chi connectivity index (χ4v) is 3.63. The van der Waals surface area contributed by atoms with Gasteiger partial charge in [0.15, 0.2) is 5.96 Å². The molecular formula is C17H35IN4. The third-order valence-corrected chi connectivity index (χ3v) is 4.86. The van der Waals surface area contributed by atoms with Gasteiger partial charge < -0.3 is 11.1 Å². The fraction of sp³-hybridized carbons (Fsp3) is 0.941. The zero-order valence-electron chi connectivity index (χ0n) is 14.4. The summed E-state index contributed by atoms with van der Waals surface area (Å²) in [5, 5.41) is 3.33. The molecular weight excluding hydrogens is 387 g/mol. The third-order valence-electron chi connectivity index (χ3n) is 4.86. The first-order chi connectivity index (χ1) is 10.1. The smallest absolute Gasteiger partial charge is 0.188 e. The molecule has 2 aliphatic rings. The van der Waals surface area contributed by atoms with Crippen molar-refractivity contribution in [1.82, 2.24) is 10.2 Å². The van der Waals surface area contributed by atoms with Crippen molar-refractivity contribution in [2.24, 2.45) is 22.6 Å². The van der Waals surface area contributed by atoms with E-state index < -0.39 is 0 Å². The van der Waals surface area contributed by atoms with Gasteiger partial charge in [0.2, 0.25) is 0 Å². The molecule has 0 amide bonds. The van der Waals surface area contributed by atoms with Crippen molar-refractivity contribution in [2.75, 3.05) is 26.2 Å². The van der Waals surface area contributed by atoms with Crippen LogP contribution in [0.3, 0.4) is 0 Å². The van der Waals surface area contributed by atoms with Crippen LogP contribution in [0.4, 0.5) is 0 Å². The van der Waals surface area contributed by atoms with E-state index >= 15 is 0 Å². The molecule has 3 N–H and O–H groups in total. The monoisotopic (exact) mass is 422 g/mol. The average Bonchev–Trinajstić information content (AvgIpc) is 2.91. The number of nitrogens with one attached hydrogen (secondary N) is 1. The largest absolute Gasteiger partial charge is 0.370 e. The molecule has 1 saturated heterocycles. The van der Waals surface area contributed by atoms with E-state index in [1.165, 1.54) is 58.0 Å². The first-order valence-electron chi connectivity index (χ1n) is 8.93. The van der Waals surface area contributed by atoms with Crippen molar-refractivity contribution >= 4 is 29.9 Å². The summed E-state index contributed by atoms with van der Waals surface area (Å²) in [6.07, 6.45) is 9.85. The second-order valence-electron chi connectivity index (χ2n) is 7.30. The predicted molar refractivity (Wildman–Crippen MR) is 106 cm³/mol. The zero-order valence-corrected chi connectivity index (χ0v) is 16.7. The van der Waals surface area contributed by atoms with Gasteiger partial charge in [0.25, 0.3) is 0 Å². The normalized spacial score (nSPS) is 24.5. The van der Waals surface area contributed by atoms with Crippen molar-refractivity contribution in [2.45, 2.75) is 64.8 Å². The third kappa shape index (κ3) is 7.02. The van der Waals surface area contributed by atoms with Gasteiger partial charge in [-0.3, -0.25) is 9.89 Å². The van der Waals surface area contributed by atoms with Crippen LogP contribution in [0, 0.1) is 11.8 Å². The van der Waals surface area contributed by atoms with Crippen LogP contribution in [-0.2, 0) is 0 Å². The van der Waals surface area contributed by atoms with E-state index in [4.69, 9.17) is 5.73 Å². The highest BCUT2D eigenvalue weighted by atomic mass is 127. The van der Waals surface area contributed by atoms with Crippen LogP contribution < -0.4 is 11.1 Å². The van der Waals surface area contributed by atoms with Gasteiger partial charge in [-0.1, -0.05) is 33.1 Å². The Morgan fingerprint density at radius 2 is 1.91 bits per heavy atom. The van der Waals surface area contributed by atoms with Gasteiger partial charge in [-0.05, 0) is 44.1 Å². The number of likely N-dealkylation sites (tertiary alicyclic amines) is 1. The van der Waals surface area contributed by atoms with Crippen LogP contribution >= 0.6 is 24.0 Å². The molecule has 1 saturated carbocycles. The maximum atomic E-state index is 5.95. The first-order valence-corrected chi connectivity index (χ1v) is 8.93. The number of guanidine groups is 1. The van der Waals surface area contributed by atoms with E-state index in [2.05, 4.69) is 29.1 Å². The standard InChI is InChI=1S/C17H34N4.HI/c1-14(2)11-19-17(18)20-12-16-9-6-10-21(16)13-15-7-4-3-5-8-15;/h14-16H,3-13H2,1-2H3,(H3,18,19,20);1H. The van der Waals surface area contributed by atoms with Gasteiger partial charge in [0.05, 0.1) is 0 Å². The minimum absolute atomic E-state index is 0. The average molecular weight is 422 g/mol. The summed E-state index contributed by atoms with van der Waals surface area (Å²) in [7, 11) is 0. The number of rotatable bonds is 6. The number of halogens is 1. The Kier molecular flexibility index (Phi) is 9.71. The molecule has 0 aromatic rings. The Bertz CT molecular complexity index is 327. The number of nitrogens with two attached hydrogens (primary N) is 1. The molecule has 1 heterocycles. The topological polar surface area (TPSA) is 53.6 Å². The van der Waals surface area contributed by atoms with Gasteiger partial charge >= 0.3 is 0 Å². The summed E-state index contributed by atoms with van der Waals surface area (Å²) in [6.45, 7) is 8.68. The molecule has 130 valence electrons. The van der Waals surface area contributed by atoms with E-state index in [0.717, 1.165) is 19.0 Å². The summed E-state index contributed by atoms with van der Waals surface area (Å²) in [4.78, 5) is 7.08. The zero-order chi connectivity index (χ0) is 15.1. The van der Waals surface area contributed by atoms with Crippen LogP contribution in [0.15, 0.2) is 4.99 Å². The van der Waals surface area contributed by atoms with Crippen LogP contribution in [0.25, 0.3) is 0 Å². The van der Waals surface area contributed by atoms with Crippen molar-refractivity contribution in [3.63, 3.8) is 0 Å². The van der Waals surface area contributed by atoms with Gasteiger partial charge in [-0.2, -0.15) is 0 Å². The number of hydrogen-bond acceptors (Lipinski definition) is 2. The second-order valence-corrected chi connectivity index (χ2v) is 7.30. The molecule has 0 spiro atoms. The Balaban J connectivity index is 0.00000242. The molecule has 1 aliphatic carbocycles. The molecule has 1 atom stereocenters. The van der Waals surface area contributed by atoms with Crippen molar-refractivity contribution in [3.8, 4) is 0 Å². The molecule has 0 bridgehead atoms. The Morgan fingerprint density at radius 3 is 2.59 bits per heavy atom. The van der Waals surface area contributed by atoms with Gasteiger partial charge in [0, 0.05) is 25.7 Å². The highest BCUT2D eigenvalue weighted by Crippen LogP contribution is 2.27. The minimum atomic E-state index is 0. The van der Waals surface area contributed by atoms with Gasteiger partial charge in [-0.25, -0.2) is 0 Å². The minimum Gasteiger partial charge on any atom is -0.370 e. The van der Waals surface area contributed by atoms with Crippen LogP contribution in [0.5, 0.6) is 0 Å².